The molecular weight excluding hydrogens is 229 g/mol. The first-order chi connectivity index (χ1) is 7.76. The van der Waals surface area contributed by atoms with Crippen LogP contribution < -0.4 is 5.32 Å². The van der Waals surface area contributed by atoms with E-state index >= 15 is 0 Å². The fraction of sp³-hybridized carbons (Fsp3) is 1.00. The molecule has 0 aromatic rings. The molecular formula is C12H25F3N2. The summed E-state index contributed by atoms with van der Waals surface area (Å²) in [5, 5.41) is 3.22. The van der Waals surface area contributed by atoms with Gasteiger partial charge in [-0.2, -0.15) is 13.2 Å². The molecule has 0 aromatic carbocycles. The van der Waals surface area contributed by atoms with Gasteiger partial charge in [-0.25, -0.2) is 0 Å². The molecule has 0 heterocycles. The molecule has 1 unspecified atom stereocenters. The van der Waals surface area contributed by atoms with E-state index in [1.54, 1.807) is 6.92 Å². The summed E-state index contributed by atoms with van der Waals surface area (Å²) < 4.78 is 37.1. The van der Waals surface area contributed by atoms with Crippen molar-refractivity contribution in [1.82, 2.24) is 10.2 Å². The third kappa shape index (κ3) is 7.60. The van der Waals surface area contributed by atoms with Gasteiger partial charge in [0.1, 0.15) is 0 Å². The minimum absolute atomic E-state index is 0.0999. The van der Waals surface area contributed by atoms with Crippen LogP contribution in [0, 0.1) is 5.41 Å². The average molecular weight is 254 g/mol. The number of alkyl halides is 3. The Bertz CT molecular complexity index is 206. The topological polar surface area (TPSA) is 15.3 Å². The van der Waals surface area contributed by atoms with E-state index in [1.807, 2.05) is 20.8 Å². The number of hydrogen-bond acceptors (Lipinski definition) is 2. The van der Waals surface area contributed by atoms with Crippen molar-refractivity contribution < 1.29 is 13.2 Å². The number of nitrogens with zero attached hydrogens (tertiary/aromatic N) is 1. The zero-order chi connectivity index (χ0) is 13.5. The lowest BCUT2D eigenvalue weighted by Gasteiger charge is -2.35. The highest BCUT2D eigenvalue weighted by molar-refractivity contribution is 4.80. The molecule has 0 bridgehead atoms. The number of rotatable bonds is 8. The molecule has 0 saturated carbocycles. The van der Waals surface area contributed by atoms with E-state index in [2.05, 4.69) is 5.32 Å². The van der Waals surface area contributed by atoms with Gasteiger partial charge in [0.25, 0.3) is 0 Å². The van der Waals surface area contributed by atoms with Crippen LogP contribution in [0.5, 0.6) is 0 Å². The monoisotopic (exact) mass is 254 g/mol. The Labute approximate surface area is 103 Å². The molecule has 0 aromatic heterocycles. The minimum Gasteiger partial charge on any atom is -0.316 e. The van der Waals surface area contributed by atoms with Gasteiger partial charge in [0.05, 0.1) is 6.54 Å². The second-order valence-corrected chi connectivity index (χ2v) is 4.86. The van der Waals surface area contributed by atoms with E-state index in [0.29, 0.717) is 13.1 Å². The van der Waals surface area contributed by atoms with E-state index in [9.17, 15) is 13.2 Å². The van der Waals surface area contributed by atoms with Gasteiger partial charge in [-0.3, -0.25) is 4.90 Å². The fourth-order valence-electron chi connectivity index (χ4n) is 1.79. The zero-order valence-corrected chi connectivity index (χ0v) is 11.3. The van der Waals surface area contributed by atoms with Gasteiger partial charge in [-0.1, -0.05) is 27.7 Å². The lowest BCUT2D eigenvalue weighted by Crippen LogP contribution is -2.45. The van der Waals surface area contributed by atoms with E-state index < -0.39 is 12.7 Å². The van der Waals surface area contributed by atoms with Gasteiger partial charge in [0.15, 0.2) is 0 Å². The predicted octanol–water partition coefficient (Wildman–Crippen LogP) is 2.90. The molecule has 0 rings (SSSR count). The van der Waals surface area contributed by atoms with E-state index in [0.717, 1.165) is 19.5 Å². The van der Waals surface area contributed by atoms with Crippen LogP contribution in [0.3, 0.4) is 0 Å². The molecule has 0 aliphatic heterocycles. The number of nitrogens with one attached hydrogen (secondary N) is 1. The van der Waals surface area contributed by atoms with Crippen molar-refractivity contribution in [2.24, 2.45) is 5.41 Å². The molecule has 0 amide bonds. The van der Waals surface area contributed by atoms with Crippen molar-refractivity contribution in [3.63, 3.8) is 0 Å². The normalized spacial score (nSPS) is 16.2. The average Bonchev–Trinajstić information content (AvgIpc) is 2.23. The summed E-state index contributed by atoms with van der Waals surface area (Å²) in [6, 6.07) is 0. The van der Waals surface area contributed by atoms with E-state index in [-0.39, 0.29) is 5.41 Å². The zero-order valence-electron chi connectivity index (χ0n) is 11.3. The van der Waals surface area contributed by atoms with Crippen molar-refractivity contribution in [3.05, 3.63) is 0 Å². The van der Waals surface area contributed by atoms with Crippen molar-refractivity contribution in [2.45, 2.75) is 40.3 Å². The highest BCUT2D eigenvalue weighted by Gasteiger charge is 2.33. The molecule has 1 N–H and O–H groups in total. The van der Waals surface area contributed by atoms with E-state index in [1.165, 1.54) is 4.90 Å². The first-order valence-corrected chi connectivity index (χ1v) is 6.26. The standard InChI is InChI=1S/C12H25F3N2/c1-5-11(4,8-16-6-2)9-17(7-3)10-12(13,14)15/h16H,5-10H2,1-4H3. The Hall–Kier alpha value is -0.290. The Morgan fingerprint density at radius 2 is 1.65 bits per heavy atom. The SMILES string of the molecule is CCNCC(C)(CC)CN(CC)CC(F)(F)F. The van der Waals surface area contributed by atoms with Gasteiger partial charge < -0.3 is 5.32 Å². The summed E-state index contributed by atoms with van der Waals surface area (Å²) in [6.45, 7) is 9.54. The van der Waals surface area contributed by atoms with Crippen molar-refractivity contribution >= 4 is 0 Å². The fourth-order valence-corrected chi connectivity index (χ4v) is 1.79. The van der Waals surface area contributed by atoms with Crippen LogP contribution in [0.1, 0.15) is 34.1 Å². The smallest absolute Gasteiger partial charge is 0.316 e. The molecule has 0 radical (unpaired) electrons. The first kappa shape index (κ1) is 16.7. The number of halogens is 3. The second-order valence-electron chi connectivity index (χ2n) is 4.86. The molecule has 104 valence electrons. The van der Waals surface area contributed by atoms with Crippen LogP contribution in [0.2, 0.25) is 0 Å². The van der Waals surface area contributed by atoms with Gasteiger partial charge in [-0.15, -0.1) is 0 Å². The molecule has 5 heteroatoms. The van der Waals surface area contributed by atoms with Crippen LogP contribution in [-0.4, -0.2) is 43.8 Å². The lowest BCUT2D eigenvalue weighted by molar-refractivity contribution is -0.148. The van der Waals surface area contributed by atoms with Gasteiger partial charge in [0.2, 0.25) is 0 Å². The van der Waals surface area contributed by atoms with Crippen molar-refractivity contribution in [3.8, 4) is 0 Å². The summed E-state index contributed by atoms with van der Waals surface area (Å²) in [7, 11) is 0. The van der Waals surface area contributed by atoms with Crippen LogP contribution in [0.15, 0.2) is 0 Å². The number of hydrogen-bond donors (Lipinski definition) is 1. The summed E-state index contributed by atoms with van der Waals surface area (Å²) >= 11 is 0. The maximum atomic E-state index is 12.4. The molecule has 1 atom stereocenters. The molecule has 0 fully saturated rings. The second kappa shape index (κ2) is 7.21. The van der Waals surface area contributed by atoms with Crippen LogP contribution in [0.4, 0.5) is 13.2 Å². The highest BCUT2D eigenvalue weighted by atomic mass is 19.4. The quantitative estimate of drug-likeness (QED) is 0.716. The van der Waals surface area contributed by atoms with Gasteiger partial charge in [0, 0.05) is 13.1 Å². The maximum Gasteiger partial charge on any atom is 0.401 e. The van der Waals surface area contributed by atoms with Crippen LogP contribution in [-0.2, 0) is 0 Å². The maximum absolute atomic E-state index is 12.4. The van der Waals surface area contributed by atoms with Crippen molar-refractivity contribution in [1.29, 1.82) is 0 Å². The Morgan fingerprint density at radius 3 is 2.00 bits per heavy atom. The summed E-state index contributed by atoms with van der Waals surface area (Å²) in [4.78, 5) is 1.47. The molecule has 0 aliphatic carbocycles. The summed E-state index contributed by atoms with van der Waals surface area (Å²) in [5.41, 5.74) is -0.0999. The molecule has 17 heavy (non-hydrogen) atoms. The van der Waals surface area contributed by atoms with Gasteiger partial charge >= 0.3 is 6.18 Å². The Morgan fingerprint density at radius 1 is 1.06 bits per heavy atom. The predicted molar refractivity (Wildman–Crippen MR) is 65.1 cm³/mol. The van der Waals surface area contributed by atoms with Crippen LogP contribution in [0.25, 0.3) is 0 Å². The third-order valence-electron chi connectivity index (χ3n) is 3.11. The van der Waals surface area contributed by atoms with Crippen molar-refractivity contribution in [2.75, 3.05) is 32.7 Å². The lowest BCUT2D eigenvalue weighted by atomic mass is 9.86. The Kier molecular flexibility index (Phi) is 7.09. The minimum atomic E-state index is -4.11. The molecule has 0 spiro atoms. The summed E-state index contributed by atoms with van der Waals surface area (Å²) in [5.74, 6) is 0. The van der Waals surface area contributed by atoms with Gasteiger partial charge in [-0.05, 0) is 24.9 Å². The highest BCUT2D eigenvalue weighted by Crippen LogP contribution is 2.24. The first-order valence-electron chi connectivity index (χ1n) is 6.26. The molecule has 0 saturated heterocycles. The third-order valence-corrected chi connectivity index (χ3v) is 3.11. The molecule has 2 nitrogen and oxygen atoms in total. The van der Waals surface area contributed by atoms with E-state index in [4.69, 9.17) is 0 Å². The molecule has 0 aliphatic rings. The Balaban J connectivity index is 4.39. The van der Waals surface area contributed by atoms with Crippen LogP contribution >= 0.6 is 0 Å². The summed E-state index contributed by atoms with van der Waals surface area (Å²) in [6.07, 6.45) is -3.24. The largest absolute Gasteiger partial charge is 0.401 e.